The fourth-order valence-electron chi connectivity index (χ4n) is 4.06. The fourth-order valence-corrected chi connectivity index (χ4v) is 4.69. The number of thioether (sulfide) groups is 1. The lowest BCUT2D eigenvalue weighted by atomic mass is 10.0. The van der Waals surface area contributed by atoms with Crippen molar-refractivity contribution in [2.24, 2.45) is 0 Å². The molecule has 4 nitrogen and oxygen atoms in total. The van der Waals surface area contributed by atoms with Gasteiger partial charge in [0.1, 0.15) is 5.82 Å². The van der Waals surface area contributed by atoms with Gasteiger partial charge < -0.3 is 4.57 Å². The van der Waals surface area contributed by atoms with Crippen molar-refractivity contribution in [3.63, 3.8) is 0 Å². The van der Waals surface area contributed by atoms with E-state index in [0.717, 1.165) is 38.0 Å². The Morgan fingerprint density at radius 1 is 1.25 bits per heavy atom. The van der Waals surface area contributed by atoms with Crippen LogP contribution in [0.5, 0.6) is 0 Å². The summed E-state index contributed by atoms with van der Waals surface area (Å²) in [4.78, 5) is 5.36. The number of benzene rings is 1. The van der Waals surface area contributed by atoms with Crippen molar-refractivity contribution in [2.75, 3.05) is 25.9 Å². The van der Waals surface area contributed by atoms with Crippen LogP contribution < -0.4 is 0 Å². The molecule has 2 fully saturated rings. The minimum absolute atomic E-state index is 0.132. The van der Waals surface area contributed by atoms with Crippen molar-refractivity contribution < 1.29 is 4.39 Å². The smallest absolute Gasteiger partial charge is 0.123 e. The zero-order chi connectivity index (χ0) is 16.5. The molecule has 0 bridgehead atoms. The molecule has 0 amide bonds. The van der Waals surface area contributed by atoms with Gasteiger partial charge in [0.25, 0.3) is 0 Å². The van der Waals surface area contributed by atoms with Gasteiger partial charge in [-0.1, -0.05) is 0 Å². The molecule has 2 saturated heterocycles. The first-order valence-corrected chi connectivity index (χ1v) is 9.81. The molecule has 4 rings (SSSR count). The maximum Gasteiger partial charge on any atom is 0.123 e. The molecule has 2 atom stereocenters. The predicted octanol–water partition coefficient (Wildman–Crippen LogP) is 3.74. The number of hydrazine groups is 1. The lowest BCUT2D eigenvalue weighted by molar-refractivity contribution is -0.0201. The van der Waals surface area contributed by atoms with E-state index in [2.05, 4.69) is 25.8 Å². The van der Waals surface area contributed by atoms with Gasteiger partial charge in [-0.05, 0) is 49.3 Å². The fraction of sp³-hybridized carbons (Fsp3) is 0.500. The molecule has 128 valence electrons. The SMILES string of the molecule is CSc1ccc(F)cc1[C@H]1CCCN1N1CC[C@H](n2ccnc2)C1. The van der Waals surface area contributed by atoms with E-state index in [1.807, 2.05) is 24.8 Å². The van der Waals surface area contributed by atoms with Gasteiger partial charge in [-0.3, -0.25) is 0 Å². The second-order valence-electron chi connectivity index (χ2n) is 6.57. The molecule has 6 heteroatoms. The lowest BCUT2D eigenvalue weighted by Crippen LogP contribution is -2.40. The summed E-state index contributed by atoms with van der Waals surface area (Å²) in [7, 11) is 0. The van der Waals surface area contributed by atoms with E-state index < -0.39 is 0 Å². The predicted molar refractivity (Wildman–Crippen MR) is 94.3 cm³/mol. The van der Waals surface area contributed by atoms with Crippen molar-refractivity contribution in [2.45, 2.75) is 36.2 Å². The molecular formula is C18H23FN4S. The first-order valence-electron chi connectivity index (χ1n) is 8.58. The Balaban J connectivity index is 1.55. The summed E-state index contributed by atoms with van der Waals surface area (Å²) < 4.78 is 16.0. The lowest BCUT2D eigenvalue weighted by Gasteiger charge is -2.34. The Kier molecular flexibility index (Phi) is 4.61. The first kappa shape index (κ1) is 16.1. The average molecular weight is 346 g/mol. The molecule has 2 aliphatic heterocycles. The normalized spacial score (nSPS) is 25.6. The van der Waals surface area contributed by atoms with Gasteiger partial charge >= 0.3 is 0 Å². The number of hydrogen-bond acceptors (Lipinski definition) is 4. The molecule has 1 aromatic carbocycles. The molecule has 0 aliphatic carbocycles. The van der Waals surface area contributed by atoms with E-state index in [-0.39, 0.29) is 5.82 Å². The van der Waals surface area contributed by atoms with Gasteiger partial charge in [0.05, 0.1) is 12.4 Å². The van der Waals surface area contributed by atoms with E-state index in [0.29, 0.717) is 12.1 Å². The zero-order valence-corrected chi connectivity index (χ0v) is 14.8. The summed E-state index contributed by atoms with van der Waals surface area (Å²) in [5.74, 6) is -0.132. The van der Waals surface area contributed by atoms with Crippen LogP contribution in [0.3, 0.4) is 0 Å². The Morgan fingerprint density at radius 3 is 2.96 bits per heavy atom. The van der Waals surface area contributed by atoms with Crippen molar-refractivity contribution in [3.8, 4) is 0 Å². The van der Waals surface area contributed by atoms with Crippen LogP contribution in [0.15, 0.2) is 41.8 Å². The third-order valence-electron chi connectivity index (χ3n) is 5.23. The van der Waals surface area contributed by atoms with E-state index in [1.165, 1.54) is 11.3 Å². The Bertz CT molecular complexity index is 690. The van der Waals surface area contributed by atoms with Crippen LogP contribution in [0.25, 0.3) is 0 Å². The van der Waals surface area contributed by atoms with E-state index in [1.54, 1.807) is 23.9 Å². The topological polar surface area (TPSA) is 24.3 Å². The second-order valence-corrected chi connectivity index (χ2v) is 7.42. The van der Waals surface area contributed by atoms with Crippen LogP contribution >= 0.6 is 11.8 Å². The van der Waals surface area contributed by atoms with Crippen molar-refractivity contribution in [3.05, 3.63) is 48.3 Å². The van der Waals surface area contributed by atoms with Crippen molar-refractivity contribution >= 4 is 11.8 Å². The quantitative estimate of drug-likeness (QED) is 0.787. The number of aromatic nitrogens is 2. The second kappa shape index (κ2) is 6.86. The molecule has 0 saturated carbocycles. The van der Waals surface area contributed by atoms with E-state index in [4.69, 9.17) is 0 Å². The third kappa shape index (κ3) is 2.98. The van der Waals surface area contributed by atoms with Gasteiger partial charge in [-0.15, -0.1) is 11.8 Å². The average Bonchev–Trinajstić information content (AvgIpc) is 3.33. The highest BCUT2D eigenvalue weighted by atomic mass is 32.2. The van der Waals surface area contributed by atoms with Gasteiger partial charge in [0.15, 0.2) is 0 Å². The monoisotopic (exact) mass is 346 g/mol. The molecule has 0 spiro atoms. The summed E-state index contributed by atoms with van der Waals surface area (Å²) >= 11 is 1.71. The molecule has 0 N–H and O–H groups in total. The zero-order valence-electron chi connectivity index (χ0n) is 13.9. The molecule has 3 heterocycles. The highest BCUT2D eigenvalue weighted by Gasteiger charge is 2.36. The maximum atomic E-state index is 13.8. The summed E-state index contributed by atoms with van der Waals surface area (Å²) in [6.45, 7) is 3.13. The highest BCUT2D eigenvalue weighted by Crippen LogP contribution is 2.39. The van der Waals surface area contributed by atoms with Gasteiger partial charge in [0.2, 0.25) is 0 Å². The first-order chi connectivity index (χ1) is 11.8. The number of nitrogens with zero attached hydrogens (tertiary/aromatic N) is 4. The van der Waals surface area contributed by atoms with Crippen molar-refractivity contribution in [1.29, 1.82) is 0 Å². The van der Waals surface area contributed by atoms with E-state index >= 15 is 0 Å². The number of imidazole rings is 1. The van der Waals surface area contributed by atoms with Crippen LogP contribution in [0.1, 0.15) is 36.9 Å². The number of rotatable bonds is 4. The minimum Gasteiger partial charge on any atom is -0.333 e. The molecule has 2 aromatic rings. The van der Waals surface area contributed by atoms with E-state index in [9.17, 15) is 4.39 Å². The summed E-state index contributed by atoms with van der Waals surface area (Å²) in [5, 5.41) is 4.95. The number of hydrogen-bond donors (Lipinski definition) is 0. The summed E-state index contributed by atoms with van der Waals surface area (Å²) in [6.07, 6.45) is 11.3. The molecule has 0 unspecified atom stereocenters. The van der Waals surface area contributed by atoms with Crippen LogP contribution in [0.4, 0.5) is 4.39 Å². The van der Waals surface area contributed by atoms with Crippen LogP contribution in [-0.4, -0.2) is 45.5 Å². The summed E-state index contributed by atoms with van der Waals surface area (Å²) in [6, 6.07) is 6.01. The van der Waals surface area contributed by atoms with Gasteiger partial charge in [0, 0.05) is 43.0 Å². The van der Waals surface area contributed by atoms with Gasteiger partial charge in [-0.25, -0.2) is 19.4 Å². The Hall–Kier alpha value is -1.37. The molecule has 2 aliphatic rings. The number of halogens is 1. The van der Waals surface area contributed by atoms with Crippen LogP contribution in [-0.2, 0) is 0 Å². The summed E-state index contributed by atoms with van der Waals surface area (Å²) in [5.41, 5.74) is 1.14. The molecule has 1 aromatic heterocycles. The highest BCUT2D eigenvalue weighted by molar-refractivity contribution is 7.98. The Morgan fingerprint density at radius 2 is 2.17 bits per heavy atom. The van der Waals surface area contributed by atoms with Crippen LogP contribution in [0, 0.1) is 5.82 Å². The molecular weight excluding hydrogens is 323 g/mol. The Labute approximate surface area is 146 Å². The van der Waals surface area contributed by atoms with Crippen LogP contribution in [0.2, 0.25) is 0 Å². The molecule has 0 radical (unpaired) electrons. The van der Waals surface area contributed by atoms with Gasteiger partial charge in [-0.2, -0.15) is 0 Å². The molecule has 24 heavy (non-hydrogen) atoms. The minimum atomic E-state index is -0.132. The van der Waals surface area contributed by atoms with Crippen molar-refractivity contribution in [1.82, 2.24) is 19.6 Å². The maximum absolute atomic E-state index is 13.8. The third-order valence-corrected chi connectivity index (χ3v) is 6.04. The largest absolute Gasteiger partial charge is 0.333 e. The standard InChI is InChI=1S/C18H23FN4S/c1-24-18-5-4-14(19)11-16(18)17-3-2-8-23(17)22-9-6-15(12-22)21-10-7-20-13-21/h4-5,7,10-11,13,15,17H,2-3,6,8-9,12H2,1H3/t15-,17+/m0/s1.